The van der Waals surface area contributed by atoms with E-state index in [2.05, 4.69) is 185 Å². The first kappa shape index (κ1) is 30.2. The molecule has 0 fully saturated rings. The van der Waals surface area contributed by atoms with Gasteiger partial charge in [0.15, 0.2) is 0 Å². The van der Waals surface area contributed by atoms with Crippen molar-refractivity contribution in [1.82, 2.24) is 0 Å². The van der Waals surface area contributed by atoms with Crippen LogP contribution in [-0.2, 0) is 10.8 Å². The third-order valence-electron chi connectivity index (χ3n) is 13.4. The number of rotatable bonds is 3. The van der Waals surface area contributed by atoms with Gasteiger partial charge in [0.2, 0.25) is 0 Å². The molecule has 54 heavy (non-hydrogen) atoms. The summed E-state index contributed by atoms with van der Waals surface area (Å²) >= 11 is 0. The van der Waals surface area contributed by atoms with Crippen LogP contribution in [0, 0.1) is 0 Å². The van der Waals surface area contributed by atoms with Crippen molar-refractivity contribution in [2.75, 3.05) is 0 Å². The van der Waals surface area contributed by atoms with Gasteiger partial charge in [0.05, 0.1) is 0 Å². The second-order valence-electron chi connectivity index (χ2n) is 16.8. The van der Waals surface area contributed by atoms with E-state index in [0.717, 1.165) is 0 Å². The molecule has 10 aromatic rings. The molecule has 10 aromatic carbocycles. The second kappa shape index (κ2) is 10.2. The maximum atomic E-state index is 2.43. The standard InChI is InChI=1S/C54H38/c1-53(2)45-19-7-15-39-37-25-23-35(29-43(37)41-17-9-21-47(53)51(41)49(39)45)33-13-5-11-31(27-33)32-12-6-14-34(28-32)36-24-26-38-40-16-8-20-46-50(40)52-42(44(38)30-36)18-10-22-48(52)54(46,3)4/h5-30H,1-4H3. The molecular weight excluding hydrogens is 649 g/mol. The van der Waals surface area contributed by atoms with Crippen LogP contribution in [0.3, 0.4) is 0 Å². The van der Waals surface area contributed by atoms with Crippen LogP contribution in [-0.4, -0.2) is 0 Å². The molecule has 2 aliphatic rings. The highest BCUT2D eigenvalue weighted by Gasteiger charge is 2.35. The Balaban J connectivity index is 0.980. The van der Waals surface area contributed by atoms with E-state index < -0.39 is 0 Å². The van der Waals surface area contributed by atoms with E-state index in [1.165, 1.54) is 120 Å². The van der Waals surface area contributed by atoms with E-state index >= 15 is 0 Å². The third-order valence-corrected chi connectivity index (χ3v) is 13.4. The van der Waals surface area contributed by atoms with Crippen molar-refractivity contribution in [3.05, 3.63) is 180 Å². The predicted molar refractivity (Wildman–Crippen MR) is 232 cm³/mol. The van der Waals surface area contributed by atoms with Crippen molar-refractivity contribution < 1.29 is 0 Å². The normalized spacial score (nSPS) is 15.0. The topological polar surface area (TPSA) is 0 Å². The molecule has 2 aliphatic carbocycles. The Hall–Kier alpha value is -6.24. The van der Waals surface area contributed by atoms with E-state index in [1.807, 2.05) is 0 Å². The Bertz CT molecular complexity index is 3090. The van der Waals surface area contributed by atoms with Gasteiger partial charge < -0.3 is 0 Å². The van der Waals surface area contributed by atoms with Gasteiger partial charge in [0.1, 0.15) is 0 Å². The zero-order valence-corrected chi connectivity index (χ0v) is 31.0. The maximum Gasteiger partial charge on any atom is 0.0159 e. The Labute approximate surface area is 315 Å². The first-order valence-corrected chi connectivity index (χ1v) is 19.3. The lowest BCUT2D eigenvalue weighted by atomic mass is 9.82. The lowest BCUT2D eigenvalue weighted by molar-refractivity contribution is 0.662. The fourth-order valence-corrected chi connectivity index (χ4v) is 10.7. The molecule has 0 saturated carbocycles. The average Bonchev–Trinajstić information content (AvgIpc) is 3.60. The Morgan fingerprint density at radius 3 is 0.852 bits per heavy atom. The molecule has 0 atom stereocenters. The summed E-state index contributed by atoms with van der Waals surface area (Å²) in [6, 6.07) is 60.0. The summed E-state index contributed by atoms with van der Waals surface area (Å²) < 4.78 is 0. The molecular formula is C54H38. The summed E-state index contributed by atoms with van der Waals surface area (Å²) in [5, 5.41) is 16.5. The molecule has 0 N–H and O–H groups in total. The smallest absolute Gasteiger partial charge is 0.0159 e. The van der Waals surface area contributed by atoms with E-state index in [0.29, 0.717) is 0 Å². The molecule has 254 valence electrons. The fraction of sp³-hybridized carbons (Fsp3) is 0.111. The highest BCUT2D eigenvalue weighted by Crippen LogP contribution is 2.53. The van der Waals surface area contributed by atoms with Crippen LogP contribution in [0.4, 0.5) is 0 Å². The van der Waals surface area contributed by atoms with E-state index in [-0.39, 0.29) is 10.8 Å². The Morgan fingerprint density at radius 2 is 0.519 bits per heavy atom. The molecule has 0 saturated heterocycles. The second-order valence-corrected chi connectivity index (χ2v) is 16.8. The lowest BCUT2D eigenvalue weighted by Crippen LogP contribution is -2.14. The number of hydrogen-bond donors (Lipinski definition) is 0. The summed E-state index contributed by atoms with van der Waals surface area (Å²) in [6.45, 7) is 9.50. The van der Waals surface area contributed by atoms with Gasteiger partial charge >= 0.3 is 0 Å². The quantitative estimate of drug-likeness (QED) is 0.162. The summed E-state index contributed by atoms with van der Waals surface area (Å²) in [4.78, 5) is 0. The van der Waals surface area contributed by atoms with Gasteiger partial charge in [0.25, 0.3) is 0 Å². The van der Waals surface area contributed by atoms with Gasteiger partial charge in [-0.15, -0.1) is 0 Å². The predicted octanol–water partition coefficient (Wildman–Crippen LogP) is 14.9. The molecule has 0 heterocycles. The van der Waals surface area contributed by atoms with Crippen LogP contribution in [0.1, 0.15) is 49.9 Å². The molecule has 0 spiro atoms. The van der Waals surface area contributed by atoms with Gasteiger partial charge in [-0.25, -0.2) is 0 Å². The molecule has 0 bridgehead atoms. The summed E-state index contributed by atoms with van der Waals surface area (Å²) in [6.07, 6.45) is 0. The van der Waals surface area contributed by atoms with Crippen LogP contribution >= 0.6 is 0 Å². The number of benzene rings is 10. The number of hydrogen-bond acceptors (Lipinski definition) is 0. The average molecular weight is 687 g/mol. The van der Waals surface area contributed by atoms with Crippen molar-refractivity contribution in [2.45, 2.75) is 38.5 Å². The van der Waals surface area contributed by atoms with Crippen molar-refractivity contribution in [2.24, 2.45) is 0 Å². The molecule has 0 radical (unpaired) electrons. The molecule has 0 aromatic heterocycles. The highest BCUT2D eigenvalue weighted by atomic mass is 14.4. The molecule has 0 amide bonds. The largest absolute Gasteiger partial charge is 0.0613 e. The highest BCUT2D eigenvalue weighted by molar-refractivity contribution is 6.30. The van der Waals surface area contributed by atoms with Gasteiger partial charge in [-0.1, -0.05) is 161 Å². The van der Waals surface area contributed by atoms with Crippen LogP contribution in [0.15, 0.2) is 158 Å². The molecule has 0 aliphatic heterocycles. The zero-order valence-electron chi connectivity index (χ0n) is 31.0. The van der Waals surface area contributed by atoms with Crippen molar-refractivity contribution in [3.63, 3.8) is 0 Å². The first-order chi connectivity index (χ1) is 26.3. The monoisotopic (exact) mass is 686 g/mol. The Morgan fingerprint density at radius 1 is 0.241 bits per heavy atom. The minimum absolute atomic E-state index is 0.00220. The van der Waals surface area contributed by atoms with Gasteiger partial charge in [-0.2, -0.15) is 0 Å². The Kier molecular flexibility index (Phi) is 5.74. The van der Waals surface area contributed by atoms with Gasteiger partial charge in [0, 0.05) is 10.8 Å². The minimum atomic E-state index is -0.00220. The molecule has 12 rings (SSSR count). The SMILES string of the molecule is CC1(C)c2cccc3c4ccc(-c5cccc(-c6cccc(-c7ccc8c(c7)c7cccc9c7c7c(cccc87)C9(C)C)c6)c5)cc4c4cccc1c4c23. The summed E-state index contributed by atoms with van der Waals surface area (Å²) in [5.41, 5.74) is 13.2. The van der Waals surface area contributed by atoms with Crippen LogP contribution in [0.25, 0.3) is 98.0 Å². The van der Waals surface area contributed by atoms with Crippen LogP contribution in [0.5, 0.6) is 0 Å². The first-order valence-electron chi connectivity index (χ1n) is 19.3. The maximum absolute atomic E-state index is 2.43. The van der Waals surface area contributed by atoms with Crippen LogP contribution in [0.2, 0.25) is 0 Å². The van der Waals surface area contributed by atoms with E-state index in [4.69, 9.17) is 0 Å². The fourth-order valence-electron chi connectivity index (χ4n) is 10.7. The summed E-state index contributed by atoms with van der Waals surface area (Å²) in [7, 11) is 0. The van der Waals surface area contributed by atoms with Crippen molar-refractivity contribution >= 4 is 64.6 Å². The van der Waals surface area contributed by atoms with Crippen molar-refractivity contribution in [1.29, 1.82) is 0 Å². The van der Waals surface area contributed by atoms with E-state index in [1.54, 1.807) is 0 Å². The zero-order chi connectivity index (χ0) is 36.1. The van der Waals surface area contributed by atoms with Gasteiger partial charge in [-0.05, 0) is 145 Å². The van der Waals surface area contributed by atoms with Crippen molar-refractivity contribution in [3.8, 4) is 33.4 Å². The van der Waals surface area contributed by atoms with E-state index in [9.17, 15) is 0 Å². The van der Waals surface area contributed by atoms with Gasteiger partial charge in [-0.3, -0.25) is 0 Å². The number of fused-ring (bicyclic) bond motifs is 6. The lowest BCUT2D eigenvalue weighted by Gasteiger charge is -2.21. The van der Waals surface area contributed by atoms with Crippen LogP contribution < -0.4 is 0 Å². The minimum Gasteiger partial charge on any atom is -0.0613 e. The summed E-state index contributed by atoms with van der Waals surface area (Å²) in [5.74, 6) is 0. The third kappa shape index (κ3) is 3.78. The molecule has 0 unspecified atom stereocenters. The molecule has 0 heteroatoms. The molecule has 0 nitrogen and oxygen atoms in total.